The van der Waals surface area contributed by atoms with Crippen LogP contribution in [0.3, 0.4) is 0 Å². The summed E-state index contributed by atoms with van der Waals surface area (Å²) in [7, 11) is 0. The Kier molecular flexibility index (Phi) is 5.39. The molecule has 1 saturated heterocycles. The molecule has 0 unspecified atom stereocenters. The molecule has 7 heteroatoms. The van der Waals surface area contributed by atoms with Crippen molar-refractivity contribution in [1.29, 1.82) is 0 Å². The second-order valence-corrected chi connectivity index (χ2v) is 5.55. The van der Waals surface area contributed by atoms with Crippen molar-refractivity contribution in [2.75, 3.05) is 26.2 Å². The van der Waals surface area contributed by atoms with Crippen LogP contribution < -0.4 is 5.32 Å². The molecule has 0 aliphatic carbocycles. The standard InChI is InChI=1S/C15H19F5N2/c1-10-2-3-11(16)13(14(10)17)12(4-5-15(18,19)20)22-8-6-21-7-9-22/h2-3,12,21H,4-9H2,1H3/t12-/m1/s1. The van der Waals surface area contributed by atoms with Gasteiger partial charge in [0, 0.05) is 44.2 Å². The zero-order chi connectivity index (χ0) is 16.3. The molecular weight excluding hydrogens is 303 g/mol. The zero-order valence-electron chi connectivity index (χ0n) is 12.3. The summed E-state index contributed by atoms with van der Waals surface area (Å²) in [6, 6.07) is 1.52. The predicted octanol–water partition coefficient (Wildman–Crippen LogP) is 3.56. The molecule has 2 rings (SSSR count). The first kappa shape index (κ1) is 17.1. The fourth-order valence-corrected chi connectivity index (χ4v) is 2.79. The summed E-state index contributed by atoms with van der Waals surface area (Å²) in [6.07, 6.45) is -5.75. The lowest BCUT2D eigenvalue weighted by molar-refractivity contribution is -0.138. The second-order valence-electron chi connectivity index (χ2n) is 5.55. The van der Waals surface area contributed by atoms with E-state index in [1.165, 1.54) is 13.0 Å². The van der Waals surface area contributed by atoms with Gasteiger partial charge in [-0.2, -0.15) is 13.2 Å². The Bertz CT molecular complexity index is 509. The van der Waals surface area contributed by atoms with Gasteiger partial charge >= 0.3 is 6.18 Å². The van der Waals surface area contributed by atoms with Gasteiger partial charge in [0.15, 0.2) is 0 Å². The van der Waals surface area contributed by atoms with Crippen LogP contribution in [0.25, 0.3) is 0 Å². The Labute approximate surface area is 126 Å². The molecule has 0 saturated carbocycles. The largest absolute Gasteiger partial charge is 0.389 e. The summed E-state index contributed by atoms with van der Waals surface area (Å²) in [5.74, 6) is -1.53. The molecule has 124 valence electrons. The van der Waals surface area contributed by atoms with Crippen molar-refractivity contribution >= 4 is 0 Å². The van der Waals surface area contributed by atoms with Crippen molar-refractivity contribution < 1.29 is 22.0 Å². The summed E-state index contributed by atoms with van der Waals surface area (Å²) in [5, 5.41) is 3.08. The lowest BCUT2D eigenvalue weighted by Crippen LogP contribution is -2.45. The van der Waals surface area contributed by atoms with Gasteiger partial charge < -0.3 is 5.32 Å². The number of rotatable bonds is 4. The molecule has 2 nitrogen and oxygen atoms in total. The van der Waals surface area contributed by atoms with Gasteiger partial charge in [0.1, 0.15) is 11.6 Å². The maximum Gasteiger partial charge on any atom is 0.389 e. The van der Waals surface area contributed by atoms with Gasteiger partial charge in [-0.05, 0) is 25.0 Å². The summed E-state index contributed by atoms with van der Waals surface area (Å²) in [6.45, 7) is 3.61. The van der Waals surface area contributed by atoms with E-state index in [9.17, 15) is 22.0 Å². The Morgan fingerprint density at radius 3 is 2.41 bits per heavy atom. The summed E-state index contributed by atoms with van der Waals surface area (Å²) < 4.78 is 66.1. The van der Waals surface area contributed by atoms with Gasteiger partial charge in [0.2, 0.25) is 0 Å². The fraction of sp³-hybridized carbons (Fsp3) is 0.600. The number of nitrogens with zero attached hydrogens (tertiary/aromatic N) is 1. The first-order valence-electron chi connectivity index (χ1n) is 7.25. The molecule has 1 aliphatic heterocycles. The van der Waals surface area contributed by atoms with Gasteiger partial charge in [-0.3, -0.25) is 4.90 Å². The number of alkyl halides is 3. The zero-order valence-corrected chi connectivity index (χ0v) is 12.3. The predicted molar refractivity (Wildman–Crippen MR) is 73.6 cm³/mol. The van der Waals surface area contributed by atoms with Crippen molar-refractivity contribution in [3.63, 3.8) is 0 Å². The second kappa shape index (κ2) is 6.91. The molecule has 0 bridgehead atoms. The molecule has 1 aromatic carbocycles. The van der Waals surface area contributed by atoms with E-state index >= 15 is 0 Å². The highest BCUT2D eigenvalue weighted by Gasteiger charge is 2.33. The van der Waals surface area contributed by atoms with E-state index in [1.807, 2.05) is 0 Å². The van der Waals surface area contributed by atoms with E-state index in [0.717, 1.165) is 6.07 Å². The van der Waals surface area contributed by atoms with Crippen molar-refractivity contribution in [3.8, 4) is 0 Å². The molecule has 1 N–H and O–H groups in total. The minimum atomic E-state index is -4.34. The van der Waals surface area contributed by atoms with Crippen LogP contribution in [-0.4, -0.2) is 37.3 Å². The van der Waals surface area contributed by atoms with E-state index in [2.05, 4.69) is 5.32 Å². The van der Waals surface area contributed by atoms with Crippen LogP contribution in [0.15, 0.2) is 12.1 Å². The van der Waals surface area contributed by atoms with Crippen molar-refractivity contribution in [2.45, 2.75) is 32.0 Å². The minimum Gasteiger partial charge on any atom is -0.314 e. The maximum absolute atomic E-state index is 14.3. The Balaban J connectivity index is 2.32. The smallest absolute Gasteiger partial charge is 0.314 e. The summed E-state index contributed by atoms with van der Waals surface area (Å²) >= 11 is 0. The Hall–Kier alpha value is -1.21. The molecule has 0 spiro atoms. The van der Waals surface area contributed by atoms with E-state index in [4.69, 9.17) is 0 Å². The van der Waals surface area contributed by atoms with E-state index < -0.39 is 30.3 Å². The first-order chi connectivity index (χ1) is 10.3. The molecule has 1 fully saturated rings. The van der Waals surface area contributed by atoms with Crippen LogP contribution in [0.4, 0.5) is 22.0 Å². The van der Waals surface area contributed by atoms with Crippen LogP contribution in [-0.2, 0) is 0 Å². The third-order valence-electron chi connectivity index (χ3n) is 3.95. The third-order valence-corrected chi connectivity index (χ3v) is 3.95. The molecule has 0 radical (unpaired) electrons. The van der Waals surface area contributed by atoms with E-state index in [1.54, 1.807) is 4.90 Å². The molecule has 1 atom stereocenters. The van der Waals surface area contributed by atoms with Crippen LogP contribution in [0.1, 0.15) is 30.0 Å². The average Bonchev–Trinajstić information content (AvgIpc) is 2.46. The molecule has 1 aliphatic rings. The normalized spacial score (nSPS) is 18.5. The van der Waals surface area contributed by atoms with Crippen molar-refractivity contribution in [3.05, 3.63) is 34.9 Å². The first-order valence-corrected chi connectivity index (χ1v) is 7.25. The quantitative estimate of drug-likeness (QED) is 0.853. The van der Waals surface area contributed by atoms with Crippen LogP contribution in [0.5, 0.6) is 0 Å². The van der Waals surface area contributed by atoms with Crippen LogP contribution >= 0.6 is 0 Å². The van der Waals surface area contributed by atoms with Gasteiger partial charge in [-0.1, -0.05) is 6.07 Å². The van der Waals surface area contributed by atoms with Crippen molar-refractivity contribution in [1.82, 2.24) is 10.2 Å². The number of nitrogens with one attached hydrogen (secondary N) is 1. The number of hydrogen-bond acceptors (Lipinski definition) is 2. The van der Waals surface area contributed by atoms with Crippen molar-refractivity contribution in [2.24, 2.45) is 0 Å². The number of halogens is 5. The highest BCUT2D eigenvalue weighted by molar-refractivity contribution is 5.29. The van der Waals surface area contributed by atoms with Crippen LogP contribution in [0.2, 0.25) is 0 Å². The van der Waals surface area contributed by atoms with Crippen LogP contribution in [0, 0.1) is 18.6 Å². The molecule has 0 aromatic heterocycles. The maximum atomic E-state index is 14.3. The Morgan fingerprint density at radius 2 is 1.82 bits per heavy atom. The van der Waals surface area contributed by atoms with Gasteiger partial charge in [-0.25, -0.2) is 8.78 Å². The lowest BCUT2D eigenvalue weighted by atomic mass is 9.96. The monoisotopic (exact) mass is 322 g/mol. The summed E-state index contributed by atoms with van der Waals surface area (Å²) in [4.78, 5) is 1.73. The average molecular weight is 322 g/mol. The van der Waals surface area contributed by atoms with E-state index in [0.29, 0.717) is 26.2 Å². The third kappa shape index (κ3) is 4.16. The van der Waals surface area contributed by atoms with Gasteiger partial charge in [0.05, 0.1) is 0 Å². The number of benzene rings is 1. The van der Waals surface area contributed by atoms with E-state index in [-0.39, 0.29) is 17.5 Å². The highest BCUT2D eigenvalue weighted by Crippen LogP contribution is 2.35. The molecule has 0 amide bonds. The highest BCUT2D eigenvalue weighted by atomic mass is 19.4. The number of piperazine rings is 1. The Morgan fingerprint density at radius 1 is 1.18 bits per heavy atom. The van der Waals surface area contributed by atoms with Gasteiger partial charge in [-0.15, -0.1) is 0 Å². The summed E-state index contributed by atoms with van der Waals surface area (Å²) in [5.41, 5.74) is -0.00491. The topological polar surface area (TPSA) is 15.3 Å². The molecule has 1 heterocycles. The molecular formula is C15H19F5N2. The lowest BCUT2D eigenvalue weighted by Gasteiger charge is -2.36. The molecule has 22 heavy (non-hydrogen) atoms. The number of hydrogen-bond donors (Lipinski definition) is 1. The van der Waals surface area contributed by atoms with Gasteiger partial charge in [0.25, 0.3) is 0 Å². The fourth-order valence-electron chi connectivity index (χ4n) is 2.79. The molecule has 1 aromatic rings. The number of aryl methyl sites for hydroxylation is 1. The minimum absolute atomic E-state index is 0.239. The SMILES string of the molecule is Cc1ccc(F)c([C@@H](CCC(F)(F)F)N2CCNCC2)c1F.